The van der Waals surface area contributed by atoms with E-state index in [-0.39, 0.29) is 0 Å². The molecular weight excluding hydrogens is 244 g/mol. The summed E-state index contributed by atoms with van der Waals surface area (Å²) in [6.07, 6.45) is 3.25. The topological polar surface area (TPSA) is 32.4 Å². The highest BCUT2D eigenvalue weighted by Gasteiger charge is 2.04. The van der Waals surface area contributed by atoms with Crippen LogP contribution in [0.15, 0.2) is 54.7 Å². The Hall–Kier alpha value is -2.06. The lowest BCUT2D eigenvalue weighted by atomic mass is 10.1. The molecule has 3 aromatic rings. The molecule has 1 aromatic heterocycles. The number of aromatic nitrogens is 1. The number of H-pyrrole nitrogens is 1. The Labute approximate surface area is 119 Å². The lowest BCUT2D eigenvalue weighted by Gasteiger charge is -2.04. The first kappa shape index (κ1) is 12.9. The molecule has 0 amide bonds. The van der Waals surface area contributed by atoms with E-state index in [9.17, 15) is 0 Å². The Morgan fingerprint density at radius 3 is 2.65 bits per heavy atom. The molecule has 0 bridgehead atoms. The second-order valence-electron chi connectivity index (χ2n) is 5.32. The summed E-state index contributed by atoms with van der Waals surface area (Å²) >= 11 is 0. The van der Waals surface area contributed by atoms with Crippen molar-refractivity contribution >= 4 is 10.9 Å². The zero-order valence-corrected chi connectivity index (χ0v) is 11.9. The van der Waals surface area contributed by atoms with Crippen molar-refractivity contribution in [3.05, 3.63) is 71.4 Å². The molecule has 20 heavy (non-hydrogen) atoms. The van der Waals surface area contributed by atoms with Gasteiger partial charge >= 0.3 is 0 Å². The van der Waals surface area contributed by atoms with Gasteiger partial charge in [-0.15, -0.1) is 0 Å². The number of aryl methyl sites for hydroxylation is 1. The standard InChI is InChI=1S/C18H20N2/c1-14-6-2-3-7-15(14)12-19-11-10-16-13-20-18-9-5-4-8-17(16)18/h2-9,13,19-20H,10-12H2,1H3/p+1. The molecule has 2 heteroatoms. The van der Waals surface area contributed by atoms with E-state index in [2.05, 4.69) is 72.0 Å². The van der Waals surface area contributed by atoms with Gasteiger partial charge in [0.1, 0.15) is 6.54 Å². The third-order valence-corrected chi connectivity index (χ3v) is 3.92. The van der Waals surface area contributed by atoms with E-state index in [0.717, 1.165) is 19.5 Å². The molecule has 0 fully saturated rings. The van der Waals surface area contributed by atoms with Crippen molar-refractivity contribution < 1.29 is 5.32 Å². The molecule has 1 heterocycles. The lowest BCUT2D eigenvalue weighted by Crippen LogP contribution is -2.83. The fraction of sp³-hybridized carbons (Fsp3) is 0.222. The molecule has 0 aliphatic carbocycles. The summed E-state index contributed by atoms with van der Waals surface area (Å²) in [6.45, 7) is 4.37. The van der Waals surface area contributed by atoms with Crippen LogP contribution >= 0.6 is 0 Å². The number of fused-ring (bicyclic) bond motifs is 1. The van der Waals surface area contributed by atoms with Gasteiger partial charge in [0.05, 0.1) is 6.54 Å². The molecular formula is C18H21N2+. The maximum absolute atomic E-state index is 3.34. The van der Waals surface area contributed by atoms with Gasteiger partial charge in [0.2, 0.25) is 0 Å². The number of para-hydroxylation sites is 1. The molecule has 0 atom stereocenters. The fourth-order valence-corrected chi connectivity index (χ4v) is 2.69. The highest BCUT2D eigenvalue weighted by atomic mass is 14.8. The molecule has 102 valence electrons. The SMILES string of the molecule is Cc1ccccc1C[NH2+]CCc1c[nH]c2ccccc12. The first-order valence-electron chi connectivity index (χ1n) is 7.26. The third-order valence-electron chi connectivity index (χ3n) is 3.92. The summed E-state index contributed by atoms with van der Waals surface area (Å²) in [5, 5.41) is 3.75. The number of quaternary nitrogens is 1. The molecule has 0 saturated heterocycles. The number of benzene rings is 2. The Bertz CT molecular complexity index is 697. The molecule has 2 aromatic carbocycles. The van der Waals surface area contributed by atoms with Crippen molar-refractivity contribution in [1.82, 2.24) is 4.98 Å². The minimum Gasteiger partial charge on any atom is -0.361 e. The predicted octanol–water partition coefficient (Wildman–Crippen LogP) is 2.78. The quantitative estimate of drug-likeness (QED) is 0.665. The van der Waals surface area contributed by atoms with Crippen molar-refractivity contribution in [3.63, 3.8) is 0 Å². The van der Waals surface area contributed by atoms with E-state index in [1.165, 1.54) is 27.6 Å². The maximum atomic E-state index is 3.34. The van der Waals surface area contributed by atoms with E-state index in [1.807, 2.05) is 0 Å². The summed E-state index contributed by atoms with van der Waals surface area (Å²) in [6, 6.07) is 17.1. The number of hydrogen-bond donors (Lipinski definition) is 2. The van der Waals surface area contributed by atoms with Gasteiger partial charge in [-0.3, -0.25) is 0 Å². The molecule has 2 nitrogen and oxygen atoms in total. The zero-order chi connectivity index (χ0) is 13.8. The van der Waals surface area contributed by atoms with Gasteiger partial charge in [0.15, 0.2) is 0 Å². The van der Waals surface area contributed by atoms with Crippen molar-refractivity contribution in [2.75, 3.05) is 6.54 Å². The molecule has 3 rings (SSSR count). The first-order chi connectivity index (χ1) is 9.84. The van der Waals surface area contributed by atoms with Crippen LogP contribution in [0.25, 0.3) is 10.9 Å². The van der Waals surface area contributed by atoms with Gasteiger partial charge in [-0.05, 0) is 24.1 Å². The maximum Gasteiger partial charge on any atom is 0.101 e. The summed E-state index contributed by atoms with van der Waals surface area (Å²) < 4.78 is 0. The summed E-state index contributed by atoms with van der Waals surface area (Å²) in [4.78, 5) is 3.34. The summed E-state index contributed by atoms with van der Waals surface area (Å²) in [7, 11) is 0. The predicted molar refractivity (Wildman–Crippen MR) is 83.7 cm³/mol. The Morgan fingerprint density at radius 2 is 1.75 bits per heavy atom. The summed E-state index contributed by atoms with van der Waals surface area (Å²) in [5.74, 6) is 0. The van der Waals surface area contributed by atoms with Crippen LogP contribution in [0.4, 0.5) is 0 Å². The van der Waals surface area contributed by atoms with E-state index in [4.69, 9.17) is 0 Å². The molecule has 0 spiro atoms. The largest absolute Gasteiger partial charge is 0.361 e. The van der Waals surface area contributed by atoms with Crippen molar-refractivity contribution in [3.8, 4) is 0 Å². The third kappa shape index (κ3) is 2.75. The van der Waals surface area contributed by atoms with Gasteiger partial charge in [-0.2, -0.15) is 0 Å². The van der Waals surface area contributed by atoms with Gasteiger partial charge in [0.25, 0.3) is 0 Å². The minimum absolute atomic E-state index is 1.06. The van der Waals surface area contributed by atoms with Crippen LogP contribution in [-0.2, 0) is 13.0 Å². The number of hydrogen-bond acceptors (Lipinski definition) is 0. The van der Waals surface area contributed by atoms with Gasteiger partial charge in [-0.25, -0.2) is 0 Å². The molecule has 0 aliphatic heterocycles. The Balaban J connectivity index is 1.57. The molecule has 3 N–H and O–H groups in total. The second kappa shape index (κ2) is 5.93. The van der Waals surface area contributed by atoms with Crippen LogP contribution in [0, 0.1) is 6.92 Å². The highest BCUT2D eigenvalue weighted by Crippen LogP contribution is 2.17. The number of rotatable bonds is 5. The zero-order valence-electron chi connectivity index (χ0n) is 11.9. The molecule has 0 unspecified atom stereocenters. The smallest absolute Gasteiger partial charge is 0.101 e. The van der Waals surface area contributed by atoms with Crippen LogP contribution in [0.2, 0.25) is 0 Å². The molecule has 0 saturated carbocycles. The van der Waals surface area contributed by atoms with Crippen LogP contribution < -0.4 is 5.32 Å². The fourth-order valence-electron chi connectivity index (χ4n) is 2.69. The van der Waals surface area contributed by atoms with E-state index < -0.39 is 0 Å². The van der Waals surface area contributed by atoms with Crippen molar-refractivity contribution in [2.24, 2.45) is 0 Å². The number of aromatic amines is 1. The summed E-state index contributed by atoms with van der Waals surface area (Å²) in [5.41, 5.74) is 5.48. The first-order valence-corrected chi connectivity index (χ1v) is 7.26. The van der Waals surface area contributed by atoms with Gasteiger partial charge in [0, 0.05) is 29.1 Å². The number of nitrogens with two attached hydrogens (primary N) is 1. The molecule has 0 radical (unpaired) electrons. The van der Waals surface area contributed by atoms with Crippen LogP contribution in [0.1, 0.15) is 16.7 Å². The van der Waals surface area contributed by atoms with Crippen LogP contribution in [0.3, 0.4) is 0 Å². The normalized spacial score (nSPS) is 11.1. The van der Waals surface area contributed by atoms with E-state index in [0.29, 0.717) is 0 Å². The Kier molecular flexibility index (Phi) is 3.84. The van der Waals surface area contributed by atoms with Crippen LogP contribution in [0.5, 0.6) is 0 Å². The van der Waals surface area contributed by atoms with E-state index in [1.54, 1.807) is 0 Å². The Morgan fingerprint density at radius 1 is 0.950 bits per heavy atom. The van der Waals surface area contributed by atoms with E-state index >= 15 is 0 Å². The van der Waals surface area contributed by atoms with Crippen LogP contribution in [-0.4, -0.2) is 11.5 Å². The van der Waals surface area contributed by atoms with Gasteiger partial charge < -0.3 is 10.3 Å². The monoisotopic (exact) mass is 265 g/mol. The number of nitrogens with one attached hydrogen (secondary N) is 1. The molecule has 0 aliphatic rings. The average molecular weight is 265 g/mol. The second-order valence-corrected chi connectivity index (χ2v) is 5.32. The van der Waals surface area contributed by atoms with Crippen molar-refractivity contribution in [2.45, 2.75) is 19.9 Å². The highest BCUT2D eigenvalue weighted by molar-refractivity contribution is 5.82. The lowest BCUT2D eigenvalue weighted by molar-refractivity contribution is -0.670. The van der Waals surface area contributed by atoms with Gasteiger partial charge in [-0.1, -0.05) is 42.5 Å². The minimum atomic E-state index is 1.06. The van der Waals surface area contributed by atoms with Crippen molar-refractivity contribution in [1.29, 1.82) is 0 Å². The average Bonchev–Trinajstić information content (AvgIpc) is 2.89.